The van der Waals surface area contributed by atoms with Gasteiger partial charge in [0.05, 0.1) is 5.41 Å². The molecule has 8 nitrogen and oxygen atoms in total. The number of carbonyl (C=O) groups excluding carboxylic acids is 1. The maximum Gasteiger partial charge on any atom is 0.266 e. The molecule has 0 aromatic carbocycles. The maximum atomic E-state index is 12.7. The van der Waals surface area contributed by atoms with Crippen molar-refractivity contribution in [1.82, 2.24) is 19.9 Å². The quantitative estimate of drug-likeness (QED) is 0.697. The summed E-state index contributed by atoms with van der Waals surface area (Å²) < 4.78 is 6.99. The molecule has 26 heavy (non-hydrogen) atoms. The van der Waals surface area contributed by atoms with Gasteiger partial charge >= 0.3 is 0 Å². The molecule has 3 rings (SSSR count). The third kappa shape index (κ3) is 4.03. The Morgan fingerprint density at radius 1 is 1.38 bits per heavy atom. The average molecular weight is 406 g/mol. The minimum Gasteiger partial charge on any atom is -0.381 e. The van der Waals surface area contributed by atoms with Gasteiger partial charge in [0.1, 0.15) is 0 Å². The Labute approximate surface area is 163 Å². The predicted molar refractivity (Wildman–Crippen MR) is 103 cm³/mol. The molecular formula is C16H25Cl2N5O3. The number of hydrogen-bond acceptors (Lipinski definition) is 5. The van der Waals surface area contributed by atoms with Crippen LogP contribution in [0.2, 0.25) is 0 Å². The van der Waals surface area contributed by atoms with E-state index < -0.39 is 5.41 Å². The number of H-pyrrole nitrogens is 1. The van der Waals surface area contributed by atoms with E-state index in [4.69, 9.17) is 10.5 Å². The van der Waals surface area contributed by atoms with E-state index in [-0.39, 0.29) is 36.3 Å². The second-order valence-corrected chi connectivity index (χ2v) is 6.35. The lowest BCUT2D eigenvalue weighted by Gasteiger charge is -2.34. The topological polar surface area (TPSA) is 115 Å². The van der Waals surface area contributed by atoms with Crippen molar-refractivity contribution in [3.05, 3.63) is 33.4 Å². The zero-order valence-electron chi connectivity index (χ0n) is 14.8. The van der Waals surface area contributed by atoms with E-state index in [1.165, 1.54) is 6.07 Å². The fraction of sp³-hybridized carbons (Fsp3) is 0.562. The molecular weight excluding hydrogens is 381 g/mol. The van der Waals surface area contributed by atoms with E-state index in [1.54, 1.807) is 4.52 Å². The summed E-state index contributed by atoms with van der Waals surface area (Å²) in [5.41, 5.74) is 8.23. The summed E-state index contributed by atoms with van der Waals surface area (Å²) in [7, 11) is 0. The van der Waals surface area contributed by atoms with Crippen molar-refractivity contribution in [2.75, 3.05) is 19.8 Å². The summed E-state index contributed by atoms with van der Waals surface area (Å²) in [6.45, 7) is 5.54. The van der Waals surface area contributed by atoms with Crippen molar-refractivity contribution >= 4 is 36.4 Å². The van der Waals surface area contributed by atoms with Crippen molar-refractivity contribution in [3.8, 4) is 0 Å². The van der Waals surface area contributed by atoms with Crippen LogP contribution in [0.3, 0.4) is 0 Å². The molecule has 0 aliphatic carbocycles. The van der Waals surface area contributed by atoms with Crippen LogP contribution in [-0.2, 0) is 16.1 Å². The van der Waals surface area contributed by atoms with E-state index in [9.17, 15) is 9.59 Å². The molecule has 1 aliphatic rings. The number of ether oxygens (including phenoxy) is 1. The number of nitrogens with two attached hydrogens (primary N) is 1. The van der Waals surface area contributed by atoms with Crippen LogP contribution in [0.1, 0.15) is 29.8 Å². The summed E-state index contributed by atoms with van der Waals surface area (Å²) in [6.07, 6.45) is 1.27. The van der Waals surface area contributed by atoms with Gasteiger partial charge < -0.3 is 15.8 Å². The molecule has 3 heterocycles. The molecule has 0 unspecified atom stereocenters. The number of rotatable bonds is 4. The lowest BCUT2D eigenvalue weighted by molar-refractivity contribution is -0.136. The third-order valence-electron chi connectivity index (χ3n) is 4.95. The number of aromatic amines is 1. The normalized spacial score (nSPS) is 15.8. The molecule has 10 heteroatoms. The van der Waals surface area contributed by atoms with Crippen LogP contribution in [0.5, 0.6) is 0 Å². The second-order valence-electron chi connectivity index (χ2n) is 6.35. The summed E-state index contributed by atoms with van der Waals surface area (Å²) in [4.78, 5) is 28.6. The molecule has 0 radical (unpaired) electrons. The molecule has 1 aliphatic heterocycles. The van der Waals surface area contributed by atoms with Gasteiger partial charge in [-0.05, 0) is 26.7 Å². The van der Waals surface area contributed by atoms with Crippen LogP contribution in [0.15, 0.2) is 10.9 Å². The highest BCUT2D eigenvalue weighted by atomic mass is 35.5. The Morgan fingerprint density at radius 2 is 2.04 bits per heavy atom. The van der Waals surface area contributed by atoms with Crippen LogP contribution in [0.25, 0.3) is 5.65 Å². The monoisotopic (exact) mass is 405 g/mol. The third-order valence-corrected chi connectivity index (χ3v) is 4.95. The number of nitrogens with zero attached hydrogens (tertiary/aromatic N) is 2. The zero-order valence-corrected chi connectivity index (χ0v) is 16.5. The first-order valence-electron chi connectivity index (χ1n) is 8.11. The molecule has 0 spiro atoms. The van der Waals surface area contributed by atoms with E-state index in [0.29, 0.717) is 44.8 Å². The van der Waals surface area contributed by atoms with Gasteiger partial charge in [0.15, 0.2) is 5.65 Å². The number of fused-ring (bicyclic) bond motifs is 1. The largest absolute Gasteiger partial charge is 0.381 e. The second kappa shape index (κ2) is 8.85. The highest BCUT2D eigenvalue weighted by molar-refractivity contribution is 5.85. The Bertz CT molecular complexity index is 827. The van der Waals surface area contributed by atoms with Gasteiger partial charge in [0.25, 0.3) is 5.56 Å². The Hall–Kier alpha value is -1.61. The number of amides is 1. The van der Waals surface area contributed by atoms with Gasteiger partial charge in [0, 0.05) is 49.3 Å². The van der Waals surface area contributed by atoms with Crippen LogP contribution in [0.4, 0.5) is 0 Å². The minimum absolute atomic E-state index is 0. The summed E-state index contributed by atoms with van der Waals surface area (Å²) in [5.74, 6) is -0.0480. The lowest BCUT2D eigenvalue weighted by atomic mass is 9.79. The molecule has 1 amide bonds. The standard InChI is InChI=1S/C16H23N5O3.2ClH/c1-10-12(11(2)21-13(19-10)7-14(22)20-21)8-18-15(23)16(9-17)3-5-24-6-4-16;;/h7H,3-6,8-9,17H2,1-2H3,(H,18,23)(H,20,22);2*1H. The molecule has 0 saturated carbocycles. The SMILES string of the molecule is Cc1nc2cc(=O)[nH]n2c(C)c1CNC(=O)C1(CN)CCOCC1.Cl.Cl. The van der Waals surface area contributed by atoms with Crippen LogP contribution >= 0.6 is 24.8 Å². The number of aryl methyl sites for hydroxylation is 2. The number of aromatic nitrogens is 3. The molecule has 1 fully saturated rings. The average Bonchev–Trinajstić information content (AvgIpc) is 2.95. The van der Waals surface area contributed by atoms with Gasteiger partial charge in [-0.15, -0.1) is 24.8 Å². The van der Waals surface area contributed by atoms with Crippen LogP contribution in [-0.4, -0.2) is 40.3 Å². The molecule has 0 bridgehead atoms. The fourth-order valence-electron chi connectivity index (χ4n) is 3.25. The van der Waals surface area contributed by atoms with Gasteiger partial charge in [-0.2, -0.15) is 0 Å². The lowest BCUT2D eigenvalue weighted by Crippen LogP contribution is -2.49. The fourth-order valence-corrected chi connectivity index (χ4v) is 3.25. The Morgan fingerprint density at radius 3 is 2.65 bits per heavy atom. The van der Waals surface area contributed by atoms with E-state index in [2.05, 4.69) is 15.4 Å². The summed E-state index contributed by atoms with van der Waals surface area (Å²) in [5, 5.41) is 5.71. The van der Waals surface area contributed by atoms with E-state index >= 15 is 0 Å². The van der Waals surface area contributed by atoms with Crippen molar-refractivity contribution < 1.29 is 9.53 Å². The highest BCUT2D eigenvalue weighted by Crippen LogP contribution is 2.29. The van der Waals surface area contributed by atoms with E-state index in [0.717, 1.165) is 17.0 Å². The van der Waals surface area contributed by atoms with Gasteiger partial charge in [-0.25, -0.2) is 9.50 Å². The molecule has 1 saturated heterocycles. The first kappa shape index (κ1) is 22.4. The molecule has 2 aromatic rings. The Kier molecular flexibility index (Phi) is 7.64. The number of nitrogens with one attached hydrogen (secondary N) is 2. The molecule has 0 atom stereocenters. The molecule has 146 valence electrons. The zero-order chi connectivity index (χ0) is 17.3. The Balaban J connectivity index is 0.00000169. The summed E-state index contributed by atoms with van der Waals surface area (Å²) in [6, 6.07) is 1.45. The van der Waals surface area contributed by atoms with E-state index in [1.807, 2.05) is 13.8 Å². The van der Waals surface area contributed by atoms with Crippen LogP contribution in [0, 0.1) is 19.3 Å². The molecule has 2 aromatic heterocycles. The maximum absolute atomic E-state index is 12.7. The van der Waals surface area contributed by atoms with Crippen molar-refractivity contribution in [2.24, 2.45) is 11.1 Å². The van der Waals surface area contributed by atoms with Crippen molar-refractivity contribution in [1.29, 1.82) is 0 Å². The number of halogens is 2. The number of carbonyl (C=O) groups is 1. The molecule has 4 N–H and O–H groups in total. The van der Waals surface area contributed by atoms with Gasteiger partial charge in [-0.3, -0.25) is 14.7 Å². The van der Waals surface area contributed by atoms with Gasteiger partial charge in [0.2, 0.25) is 5.91 Å². The first-order valence-corrected chi connectivity index (χ1v) is 8.11. The van der Waals surface area contributed by atoms with Gasteiger partial charge in [-0.1, -0.05) is 0 Å². The van der Waals surface area contributed by atoms with Crippen LogP contribution < -0.4 is 16.6 Å². The minimum atomic E-state index is -0.556. The smallest absolute Gasteiger partial charge is 0.266 e. The van der Waals surface area contributed by atoms with Crippen molar-refractivity contribution in [3.63, 3.8) is 0 Å². The number of hydrogen-bond donors (Lipinski definition) is 3. The predicted octanol–water partition coefficient (Wildman–Crippen LogP) is 0.855. The van der Waals surface area contributed by atoms with Crippen molar-refractivity contribution in [2.45, 2.75) is 33.2 Å². The first-order chi connectivity index (χ1) is 11.5. The summed E-state index contributed by atoms with van der Waals surface area (Å²) >= 11 is 0. The highest BCUT2D eigenvalue weighted by Gasteiger charge is 2.38.